The van der Waals surface area contributed by atoms with E-state index in [1.54, 1.807) is 29.6 Å². The second-order valence-electron chi connectivity index (χ2n) is 4.50. The molecule has 24 heavy (non-hydrogen) atoms. The number of nitrogens with zero attached hydrogens (tertiary/aromatic N) is 2. The average molecular weight is 363 g/mol. The fourth-order valence-corrected chi connectivity index (χ4v) is 2.95. The van der Waals surface area contributed by atoms with Crippen molar-refractivity contribution in [3.05, 3.63) is 52.5 Å². The molecule has 2 heterocycles. The maximum Gasteiger partial charge on any atom is 0.277 e. The van der Waals surface area contributed by atoms with Gasteiger partial charge in [-0.3, -0.25) is 14.9 Å². The largest absolute Gasteiger partial charge is 0.411 e. The molecule has 0 unspecified atom stereocenters. The molecular weight excluding hydrogens is 353 g/mol. The summed E-state index contributed by atoms with van der Waals surface area (Å²) in [6.07, 6.45) is 0. The zero-order valence-electron chi connectivity index (χ0n) is 12.1. The number of nitrogens with one attached hydrogen (secondary N) is 1. The predicted octanol–water partition coefficient (Wildman–Crippen LogP) is 2.99. The van der Waals surface area contributed by atoms with Crippen molar-refractivity contribution in [2.45, 2.75) is 5.22 Å². The summed E-state index contributed by atoms with van der Waals surface area (Å²) < 4.78 is 19.0. The van der Waals surface area contributed by atoms with Crippen molar-refractivity contribution in [3.63, 3.8) is 0 Å². The zero-order chi connectivity index (χ0) is 16.9. The van der Waals surface area contributed by atoms with Crippen molar-refractivity contribution < 1.29 is 18.4 Å². The summed E-state index contributed by atoms with van der Waals surface area (Å²) >= 11 is 2.21. The van der Waals surface area contributed by atoms with Crippen LogP contribution in [0.5, 0.6) is 0 Å². The molecule has 3 rings (SSSR count). The van der Waals surface area contributed by atoms with Crippen molar-refractivity contribution in [1.29, 1.82) is 0 Å². The lowest BCUT2D eigenvalue weighted by atomic mass is 10.2. The molecule has 9 heteroatoms. The Hall–Kier alpha value is -2.52. The van der Waals surface area contributed by atoms with Crippen molar-refractivity contribution in [2.75, 3.05) is 5.75 Å². The van der Waals surface area contributed by atoms with E-state index >= 15 is 0 Å². The highest BCUT2D eigenvalue weighted by Crippen LogP contribution is 2.24. The highest BCUT2D eigenvalue weighted by molar-refractivity contribution is 7.99. The van der Waals surface area contributed by atoms with Crippen LogP contribution in [0.3, 0.4) is 0 Å². The Morgan fingerprint density at radius 1 is 1.21 bits per heavy atom. The van der Waals surface area contributed by atoms with Gasteiger partial charge in [0.2, 0.25) is 5.91 Å². The Morgan fingerprint density at radius 2 is 2.04 bits per heavy atom. The van der Waals surface area contributed by atoms with Crippen LogP contribution < -0.4 is 5.32 Å². The van der Waals surface area contributed by atoms with Gasteiger partial charge in [-0.2, -0.15) is 0 Å². The molecule has 0 bridgehead atoms. The number of thioether (sulfide) groups is 1. The quantitative estimate of drug-likeness (QED) is 0.702. The molecule has 0 aliphatic carbocycles. The maximum absolute atomic E-state index is 13.6. The van der Waals surface area contributed by atoms with Crippen LogP contribution in [0.15, 0.2) is 51.4 Å². The lowest BCUT2D eigenvalue weighted by Gasteiger charge is -2.00. The molecule has 3 aromatic rings. The summed E-state index contributed by atoms with van der Waals surface area (Å²) in [5.74, 6) is -1.45. The molecular formula is C15H10FN3O3S2. The van der Waals surface area contributed by atoms with E-state index in [1.807, 2.05) is 0 Å². The zero-order valence-corrected chi connectivity index (χ0v) is 13.7. The van der Waals surface area contributed by atoms with E-state index in [9.17, 15) is 14.0 Å². The Bertz CT molecular complexity index is 864. The second-order valence-corrected chi connectivity index (χ2v) is 6.37. The van der Waals surface area contributed by atoms with E-state index in [1.165, 1.54) is 23.5 Å². The van der Waals surface area contributed by atoms with Crippen molar-refractivity contribution in [3.8, 4) is 11.5 Å². The third-order valence-electron chi connectivity index (χ3n) is 2.84. The smallest absolute Gasteiger partial charge is 0.277 e. The Kier molecular flexibility index (Phi) is 5.02. The van der Waals surface area contributed by atoms with Gasteiger partial charge in [-0.15, -0.1) is 21.5 Å². The van der Waals surface area contributed by atoms with Crippen LogP contribution in [-0.2, 0) is 4.79 Å². The summed E-state index contributed by atoms with van der Waals surface area (Å²) in [6.45, 7) is 0. The summed E-state index contributed by atoms with van der Waals surface area (Å²) in [7, 11) is 0. The highest BCUT2D eigenvalue weighted by atomic mass is 32.2. The number of carbonyl (C=O) groups excluding carboxylic acids is 2. The van der Waals surface area contributed by atoms with Gasteiger partial charge in [-0.05, 0) is 23.6 Å². The van der Waals surface area contributed by atoms with Crippen LogP contribution in [0.4, 0.5) is 4.39 Å². The number of hydrogen-bond acceptors (Lipinski definition) is 7. The van der Waals surface area contributed by atoms with E-state index in [-0.39, 0.29) is 22.4 Å². The second kappa shape index (κ2) is 7.37. The molecule has 0 aliphatic heterocycles. The summed E-state index contributed by atoms with van der Waals surface area (Å²) in [6, 6.07) is 9.36. The minimum Gasteiger partial charge on any atom is -0.411 e. The van der Waals surface area contributed by atoms with Crippen molar-refractivity contribution >= 4 is 34.9 Å². The first kappa shape index (κ1) is 16.3. The van der Waals surface area contributed by atoms with E-state index in [0.717, 1.165) is 11.8 Å². The van der Waals surface area contributed by atoms with Crippen molar-refractivity contribution in [1.82, 2.24) is 15.5 Å². The van der Waals surface area contributed by atoms with Gasteiger partial charge in [0.1, 0.15) is 5.82 Å². The minimum atomic E-state index is -0.482. The first-order chi connectivity index (χ1) is 11.6. The molecule has 0 atom stereocenters. The number of rotatable bonds is 5. The fraction of sp³-hybridized carbons (Fsp3) is 0.0667. The van der Waals surface area contributed by atoms with Gasteiger partial charge in [0.05, 0.1) is 16.2 Å². The van der Waals surface area contributed by atoms with Gasteiger partial charge in [-0.1, -0.05) is 30.0 Å². The third-order valence-corrected chi connectivity index (χ3v) is 4.52. The number of amides is 2. The van der Waals surface area contributed by atoms with Crippen LogP contribution >= 0.6 is 23.1 Å². The van der Waals surface area contributed by atoms with Gasteiger partial charge >= 0.3 is 0 Å². The molecule has 1 N–H and O–H groups in total. The molecule has 1 aromatic carbocycles. The molecule has 0 fully saturated rings. The SMILES string of the molecule is O=C(CSc1nnc(-c2ccccc2F)o1)NC(=O)c1cccs1. The van der Waals surface area contributed by atoms with Gasteiger partial charge in [0, 0.05) is 0 Å². The molecule has 122 valence electrons. The Morgan fingerprint density at radius 3 is 2.79 bits per heavy atom. The standard InChI is InChI=1S/C15H10FN3O3S2/c16-10-5-2-1-4-9(10)14-18-19-15(22-14)24-8-12(20)17-13(21)11-6-3-7-23-11/h1-7H,8H2,(H,17,20,21). The van der Waals surface area contributed by atoms with Crippen LogP contribution in [0.2, 0.25) is 0 Å². The summed E-state index contributed by atoms with van der Waals surface area (Å²) in [4.78, 5) is 23.9. The number of halogens is 1. The molecule has 0 spiro atoms. The highest BCUT2D eigenvalue weighted by Gasteiger charge is 2.15. The molecule has 0 aliphatic rings. The first-order valence-corrected chi connectivity index (χ1v) is 8.59. The Balaban J connectivity index is 1.57. The van der Waals surface area contributed by atoms with Gasteiger partial charge in [-0.25, -0.2) is 4.39 Å². The summed E-state index contributed by atoms with van der Waals surface area (Å²) in [5.41, 5.74) is 0.189. The summed E-state index contributed by atoms with van der Waals surface area (Å²) in [5, 5.41) is 11.6. The first-order valence-electron chi connectivity index (χ1n) is 6.72. The molecule has 6 nitrogen and oxygen atoms in total. The predicted molar refractivity (Wildman–Crippen MR) is 87.2 cm³/mol. The molecule has 0 radical (unpaired) electrons. The van der Waals surface area contributed by atoms with Crippen LogP contribution in [0.25, 0.3) is 11.5 Å². The number of imide groups is 1. The van der Waals surface area contributed by atoms with Crippen LogP contribution in [-0.4, -0.2) is 27.8 Å². The normalized spacial score (nSPS) is 10.5. The minimum absolute atomic E-state index is 0.0330. The van der Waals surface area contributed by atoms with E-state index < -0.39 is 17.6 Å². The molecule has 0 saturated heterocycles. The van der Waals surface area contributed by atoms with Gasteiger partial charge < -0.3 is 4.42 Å². The number of benzene rings is 1. The van der Waals surface area contributed by atoms with E-state index in [2.05, 4.69) is 15.5 Å². The number of aromatic nitrogens is 2. The van der Waals surface area contributed by atoms with Crippen molar-refractivity contribution in [2.24, 2.45) is 0 Å². The fourth-order valence-electron chi connectivity index (χ4n) is 1.77. The lowest BCUT2D eigenvalue weighted by Crippen LogP contribution is -2.31. The average Bonchev–Trinajstić information content (AvgIpc) is 3.25. The van der Waals surface area contributed by atoms with Crippen LogP contribution in [0, 0.1) is 5.82 Å². The molecule has 2 aromatic heterocycles. The number of thiophene rings is 1. The Labute approximate surface area is 144 Å². The molecule has 0 saturated carbocycles. The maximum atomic E-state index is 13.6. The van der Waals surface area contributed by atoms with Crippen LogP contribution in [0.1, 0.15) is 9.67 Å². The topological polar surface area (TPSA) is 85.1 Å². The number of carbonyl (C=O) groups is 2. The number of hydrogen-bond donors (Lipinski definition) is 1. The lowest BCUT2D eigenvalue weighted by molar-refractivity contribution is -0.117. The third kappa shape index (κ3) is 3.87. The van der Waals surface area contributed by atoms with Gasteiger partial charge in [0.25, 0.3) is 17.0 Å². The van der Waals surface area contributed by atoms with E-state index in [0.29, 0.717) is 4.88 Å². The van der Waals surface area contributed by atoms with E-state index in [4.69, 9.17) is 4.42 Å². The van der Waals surface area contributed by atoms with Gasteiger partial charge in [0.15, 0.2) is 0 Å². The monoisotopic (exact) mass is 363 g/mol. The molecule has 2 amide bonds.